The van der Waals surface area contributed by atoms with E-state index in [4.69, 9.17) is 5.26 Å². The minimum atomic E-state index is -4.68. The van der Waals surface area contributed by atoms with Crippen LogP contribution in [-0.2, 0) is 25.7 Å². The minimum Gasteiger partial charge on any atom is -0.303 e. The van der Waals surface area contributed by atoms with E-state index in [2.05, 4.69) is 16.0 Å². The molecular weight excluding hydrogens is 395 g/mol. The van der Waals surface area contributed by atoms with Crippen LogP contribution >= 0.6 is 0 Å². The molecule has 0 saturated carbocycles. The molecule has 3 aromatic rings. The van der Waals surface area contributed by atoms with Gasteiger partial charge >= 0.3 is 6.18 Å². The van der Waals surface area contributed by atoms with Crippen molar-refractivity contribution >= 4 is 0 Å². The number of halogens is 3. The number of alkyl halides is 3. The molecule has 1 N–H and O–H groups in total. The number of nitrogens with zero attached hydrogens (tertiary/aromatic N) is 4. The van der Waals surface area contributed by atoms with Gasteiger partial charge in [0.1, 0.15) is 0 Å². The Labute approximate surface area is 169 Å². The molecule has 1 aliphatic rings. The van der Waals surface area contributed by atoms with Crippen molar-refractivity contribution in [2.24, 2.45) is 0 Å². The molecule has 30 heavy (non-hydrogen) atoms. The van der Waals surface area contributed by atoms with Crippen LogP contribution in [0.2, 0.25) is 0 Å². The Morgan fingerprint density at radius 1 is 1.17 bits per heavy atom. The number of aromatic nitrogens is 3. The maximum atomic E-state index is 12.9. The van der Waals surface area contributed by atoms with Crippen LogP contribution in [0.15, 0.2) is 47.3 Å². The normalized spacial score (nSPS) is 14.2. The molecule has 1 aliphatic heterocycles. The van der Waals surface area contributed by atoms with Crippen molar-refractivity contribution in [1.82, 2.24) is 19.9 Å². The Morgan fingerprint density at radius 2 is 1.97 bits per heavy atom. The average Bonchev–Trinajstić information content (AvgIpc) is 2.73. The molecule has 0 atom stereocenters. The number of rotatable bonds is 3. The van der Waals surface area contributed by atoms with Crippen LogP contribution in [0.25, 0.3) is 11.3 Å². The SMILES string of the molecule is N#Cc1cccc(-c2cccc(CN3CCc4nc(C(F)(F)F)[nH]c(=O)c4C3)n2)c1. The molecular formula is C21H16F3N5O. The van der Waals surface area contributed by atoms with Crippen molar-refractivity contribution in [3.63, 3.8) is 0 Å². The van der Waals surface area contributed by atoms with E-state index in [0.717, 1.165) is 17.0 Å². The number of pyridine rings is 1. The number of nitrogens with one attached hydrogen (secondary N) is 1. The second-order valence-electron chi connectivity index (χ2n) is 7.00. The number of hydrogen-bond donors (Lipinski definition) is 1. The first-order valence-corrected chi connectivity index (χ1v) is 9.21. The van der Waals surface area contributed by atoms with Crippen molar-refractivity contribution < 1.29 is 13.2 Å². The number of nitriles is 1. The summed E-state index contributed by atoms with van der Waals surface area (Å²) in [5.41, 5.74) is 2.53. The molecule has 6 nitrogen and oxygen atoms in total. The molecule has 0 unspecified atom stereocenters. The summed E-state index contributed by atoms with van der Waals surface area (Å²) in [4.78, 5) is 24.2. The zero-order valence-electron chi connectivity index (χ0n) is 15.7. The lowest BCUT2D eigenvalue weighted by atomic mass is 10.1. The Balaban J connectivity index is 1.54. The largest absolute Gasteiger partial charge is 0.449 e. The lowest BCUT2D eigenvalue weighted by Crippen LogP contribution is -2.36. The van der Waals surface area contributed by atoms with E-state index in [1.54, 1.807) is 18.2 Å². The molecule has 152 valence electrons. The van der Waals surface area contributed by atoms with Crippen molar-refractivity contribution in [2.75, 3.05) is 6.54 Å². The van der Waals surface area contributed by atoms with E-state index in [-0.39, 0.29) is 24.2 Å². The van der Waals surface area contributed by atoms with Gasteiger partial charge in [-0.05, 0) is 24.3 Å². The van der Waals surface area contributed by atoms with Gasteiger partial charge in [-0.3, -0.25) is 14.7 Å². The van der Waals surface area contributed by atoms with Gasteiger partial charge < -0.3 is 4.98 Å². The Hall–Kier alpha value is -3.51. The summed E-state index contributed by atoms with van der Waals surface area (Å²) in [5.74, 6) is -1.26. The molecule has 9 heteroatoms. The fourth-order valence-electron chi connectivity index (χ4n) is 3.46. The van der Waals surface area contributed by atoms with E-state index in [0.29, 0.717) is 18.7 Å². The molecule has 1 aromatic carbocycles. The maximum absolute atomic E-state index is 12.9. The van der Waals surface area contributed by atoms with E-state index in [1.165, 1.54) is 0 Å². The summed E-state index contributed by atoms with van der Waals surface area (Å²) in [6.45, 7) is 1.11. The zero-order valence-corrected chi connectivity index (χ0v) is 15.7. The third kappa shape index (κ3) is 4.09. The molecule has 4 rings (SSSR count). The summed E-state index contributed by atoms with van der Waals surface area (Å²) in [6.07, 6.45) is -4.43. The van der Waals surface area contributed by atoms with Gasteiger partial charge in [-0.15, -0.1) is 0 Å². The summed E-state index contributed by atoms with van der Waals surface area (Å²) in [5, 5.41) is 9.07. The highest BCUT2D eigenvalue weighted by Gasteiger charge is 2.35. The molecule has 0 spiro atoms. The number of fused-ring (bicyclic) bond motifs is 1. The molecule has 0 saturated heterocycles. The molecule has 0 radical (unpaired) electrons. The first-order valence-electron chi connectivity index (χ1n) is 9.21. The maximum Gasteiger partial charge on any atom is 0.449 e. The number of aromatic amines is 1. The lowest BCUT2D eigenvalue weighted by Gasteiger charge is -2.27. The van der Waals surface area contributed by atoms with Gasteiger partial charge in [-0.2, -0.15) is 18.4 Å². The fourth-order valence-corrected chi connectivity index (χ4v) is 3.46. The summed E-state index contributed by atoms with van der Waals surface area (Å²) < 4.78 is 38.6. The Bertz CT molecular complexity index is 1200. The van der Waals surface area contributed by atoms with Gasteiger partial charge in [-0.25, -0.2) is 4.98 Å². The molecule has 0 bridgehead atoms. The topological polar surface area (TPSA) is 85.7 Å². The number of H-pyrrole nitrogens is 1. The van der Waals surface area contributed by atoms with Crippen LogP contribution < -0.4 is 5.56 Å². The highest BCUT2D eigenvalue weighted by Crippen LogP contribution is 2.27. The Morgan fingerprint density at radius 3 is 2.73 bits per heavy atom. The standard InChI is InChI=1S/C21H16F3N5O/c22-21(23,24)20-27-18-7-8-29(12-16(18)19(30)28-20)11-15-5-2-6-17(26-15)14-4-1-3-13(9-14)10-25/h1-6,9H,7-8,11-12H2,(H,27,28,30). The zero-order chi connectivity index (χ0) is 21.3. The molecule has 2 aromatic heterocycles. The van der Waals surface area contributed by atoms with Crippen LogP contribution in [0.3, 0.4) is 0 Å². The van der Waals surface area contributed by atoms with Crippen LogP contribution in [0.1, 0.15) is 28.3 Å². The van der Waals surface area contributed by atoms with Crippen molar-refractivity contribution in [3.8, 4) is 17.3 Å². The van der Waals surface area contributed by atoms with E-state index in [9.17, 15) is 18.0 Å². The summed E-state index contributed by atoms with van der Waals surface area (Å²) >= 11 is 0. The molecule has 0 amide bonds. The highest BCUT2D eigenvalue weighted by molar-refractivity contribution is 5.61. The molecule has 0 aliphatic carbocycles. The van der Waals surface area contributed by atoms with E-state index in [1.807, 2.05) is 34.1 Å². The van der Waals surface area contributed by atoms with E-state index >= 15 is 0 Å². The first kappa shape index (κ1) is 19.8. The van der Waals surface area contributed by atoms with Crippen molar-refractivity contribution in [2.45, 2.75) is 25.7 Å². The third-order valence-electron chi connectivity index (χ3n) is 4.90. The predicted molar refractivity (Wildman–Crippen MR) is 102 cm³/mol. The van der Waals surface area contributed by atoms with E-state index < -0.39 is 17.6 Å². The van der Waals surface area contributed by atoms with Crippen molar-refractivity contribution in [1.29, 1.82) is 5.26 Å². The fraction of sp³-hybridized carbons (Fsp3) is 0.238. The van der Waals surface area contributed by atoms with Crippen LogP contribution in [0, 0.1) is 11.3 Å². The third-order valence-corrected chi connectivity index (χ3v) is 4.90. The van der Waals surface area contributed by atoms with Gasteiger partial charge in [0.25, 0.3) is 5.56 Å². The quantitative estimate of drug-likeness (QED) is 0.715. The van der Waals surface area contributed by atoms with Crippen LogP contribution in [0.5, 0.6) is 0 Å². The molecule has 3 heterocycles. The van der Waals surface area contributed by atoms with Gasteiger partial charge in [0, 0.05) is 31.6 Å². The smallest absolute Gasteiger partial charge is 0.303 e. The minimum absolute atomic E-state index is 0.192. The molecule has 0 fully saturated rings. The predicted octanol–water partition coefficient (Wildman–Crippen LogP) is 3.28. The summed E-state index contributed by atoms with van der Waals surface area (Å²) in [7, 11) is 0. The second-order valence-corrected chi connectivity index (χ2v) is 7.00. The highest BCUT2D eigenvalue weighted by atomic mass is 19.4. The van der Waals surface area contributed by atoms with Crippen molar-refractivity contribution in [3.05, 3.63) is 81.2 Å². The lowest BCUT2D eigenvalue weighted by molar-refractivity contribution is -0.145. The number of benzene rings is 1. The second kappa shape index (κ2) is 7.72. The number of hydrogen-bond acceptors (Lipinski definition) is 5. The Kier molecular flexibility index (Phi) is 5.10. The van der Waals surface area contributed by atoms with Gasteiger partial charge in [-0.1, -0.05) is 18.2 Å². The van der Waals surface area contributed by atoms with Crippen LogP contribution in [-0.4, -0.2) is 26.4 Å². The first-order chi connectivity index (χ1) is 14.3. The average molecular weight is 411 g/mol. The van der Waals surface area contributed by atoms with Crippen LogP contribution in [0.4, 0.5) is 13.2 Å². The van der Waals surface area contributed by atoms with Gasteiger partial charge in [0.05, 0.1) is 34.3 Å². The van der Waals surface area contributed by atoms with Gasteiger partial charge in [0.2, 0.25) is 5.82 Å². The van der Waals surface area contributed by atoms with Gasteiger partial charge in [0.15, 0.2) is 0 Å². The monoisotopic (exact) mass is 411 g/mol. The summed E-state index contributed by atoms with van der Waals surface area (Å²) in [6, 6.07) is 14.8.